The van der Waals surface area contributed by atoms with Gasteiger partial charge in [0.25, 0.3) is 0 Å². The van der Waals surface area contributed by atoms with Crippen molar-refractivity contribution in [1.82, 2.24) is 0 Å². The van der Waals surface area contributed by atoms with E-state index in [0.29, 0.717) is 44.9 Å². The number of carbonyl (C=O) groups excluding carboxylic acids is 1. The SMILES string of the molecule is CC1OC(OC2C(OC(=O)C34CCC(C)(C)CC3C3=CCC5C6(C)CCC(OC7OC(COC8OCC(O)C(O)C8OC8OCC(O)C(O)C8O)C(O)C(O)C7O)C(C)(C)C6CCC5(C)C3(C)CC4O)OC(CO)C(O)C2O)C(OC2OCC(O)C(O)C2O)C(O)C1OC1OCC(O)C(OC2OCC(O)C(O)C2O)C1O. The zero-order chi connectivity index (χ0) is 80.6. The number of hydrogen-bond donors (Lipinski definition) is 21. The Morgan fingerprint density at radius 1 is 0.432 bits per heavy atom. The van der Waals surface area contributed by atoms with Crippen molar-refractivity contribution >= 4 is 5.97 Å². The normalized spacial score (nSPS) is 54.8. The molecule has 44 unspecified atom stereocenters. The number of ether oxygens (including phenoxy) is 16. The third-order valence-corrected chi connectivity index (χ3v) is 27.9. The molecular formula is C73H118O38. The molecule has 0 aromatic heterocycles. The Morgan fingerprint density at radius 3 is 1.50 bits per heavy atom. The summed E-state index contributed by atoms with van der Waals surface area (Å²) in [7, 11) is 0. The van der Waals surface area contributed by atoms with Crippen LogP contribution in [0, 0.1) is 50.2 Å². The molecule has 5 aliphatic carbocycles. The summed E-state index contributed by atoms with van der Waals surface area (Å²) in [6.07, 6.45) is -56.4. The maximum Gasteiger partial charge on any atom is 0.317 e. The van der Waals surface area contributed by atoms with E-state index in [1.807, 2.05) is 0 Å². The molecule has 111 heavy (non-hydrogen) atoms. The largest absolute Gasteiger partial charge is 0.432 e. The van der Waals surface area contributed by atoms with Gasteiger partial charge < -0.3 is 183 Å². The van der Waals surface area contributed by atoms with Gasteiger partial charge in [-0.25, -0.2) is 0 Å². The lowest BCUT2D eigenvalue weighted by Gasteiger charge is -2.71. The van der Waals surface area contributed by atoms with Gasteiger partial charge in [0.2, 0.25) is 6.29 Å². The lowest BCUT2D eigenvalue weighted by Crippen LogP contribution is -2.69. The van der Waals surface area contributed by atoms with Crippen LogP contribution in [-0.4, -0.2) is 387 Å². The van der Waals surface area contributed by atoms with Crippen LogP contribution in [0.3, 0.4) is 0 Å². The van der Waals surface area contributed by atoms with Gasteiger partial charge in [0, 0.05) is 0 Å². The first-order chi connectivity index (χ1) is 52.1. The number of aliphatic hydroxyl groups excluding tert-OH is 21. The Bertz CT molecular complexity index is 3180. The predicted octanol–water partition coefficient (Wildman–Crippen LogP) is -7.54. The van der Waals surface area contributed by atoms with Gasteiger partial charge in [0.15, 0.2) is 50.1 Å². The zero-order valence-corrected chi connectivity index (χ0v) is 63.3. The number of esters is 1. The van der Waals surface area contributed by atoms with Crippen molar-refractivity contribution in [2.24, 2.45) is 50.2 Å². The maximum atomic E-state index is 16.0. The summed E-state index contributed by atoms with van der Waals surface area (Å²) in [6.45, 7) is 12.5. The topological polar surface area (TPSA) is 590 Å². The summed E-state index contributed by atoms with van der Waals surface area (Å²) in [4.78, 5) is 16.0. The van der Waals surface area contributed by atoms with E-state index < -0.39 is 318 Å². The fourth-order valence-corrected chi connectivity index (χ4v) is 21.0. The molecule has 13 rings (SSSR count). The molecule has 0 spiro atoms. The minimum Gasteiger partial charge on any atom is -0.432 e. The van der Waals surface area contributed by atoms with E-state index in [9.17, 15) is 107 Å². The second-order valence-corrected chi connectivity index (χ2v) is 35.4. The van der Waals surface area contributed by atoms with Gasteiger partial charge >= 0.3 is 5.97 Å². The number of hydrogen-bond acceptors (Lipinski definition) is 38. The molecule has 0 bridgehead atoms. The second-order valence-electron chi connectivity index (χ2n) is 35.4. The number of rotatable bonds is 18. The number of carbonyl (C=O) groups is 1. The molecule has 8 saturated heterocycles. The van der Waals surface area contributed by atoms with Crippen LogP contribution in [0.1, 0.15) is 113 Å². The van der Waals surface area contributed by atoms with Crippen molar-refractivity contribution in [2.45, 2.75) is 341 Å². The minimum atomic E-state index is -2.10. The quantitative estimate of drug-likeness (QED) is 0.0344. The van der Waals surface area contributed by atoms with E-state index in [4.69, 9.17) is 75.8 Å². The van der Waals surface area contributed by atoms with E-state index in [2.05, 4.69) is 54.5 Å². The first kappa shape index (κ1) is 86.6. The average Bonchev–Trinajstić information content (AvgIpc) is 0.670. The Morgan fingerprint density at radius 2 is 0.919 bits per heavy atom. The third-order valence-electron chi connectivity index (χ3n) is 27.9. The van der Waals surface area contributed by atoms with Gasteiger partial charge in [0.05, 0.1) is 64.6 Å². The molecule has 638 valence electrons. The summed E-state index contributed by atoms with van der Waals surface area (Å²) in [6, 6.07) is 0. The lowest BCUT2D eigenvalue weighted by atomic mass is 9.33. The molecule has 0 aromatic carbocycles. The molecule has 38 nitrogen and oxygen atoms in total. The standard InChI is InChI=1S/C73H118O38/c1-26-54(106-62-53(94)55(33(79)24-99-62)107-59-48(89)40(81)29(75)20-96-59)52(93)58(109-61-50(91)42(83)31(77)22-98-61)65(102-26)110-57-47(88)44(85)34(19-74)103-66(57)111-67(95)73-16-15-68(2,3)17-28(73)27-9-10-37-70(6)13-12-39(69(4,5)36(70)11-14-71(37,7)72(27,8)18-38(73)80)105-63-51(92)46(87)45(86)35(104-63)25-101-64-56(43(84)32(78)23-100-64)108-60-49(90)41(82)30(76)21-97-60/h9,26,28-66,74-94H,10-25H2,1-8H3. The number of fused-ring (bicyclic) bond motifs is 7. The Balaban J connectivity index is 0.719. The second kappa shape index (κ2) is 33.1. The summed E-state index contributed by atoms with van der Waals surface area (Å²) in [5.74, 6) is -1.68. The molecule has 38 heteroatoms. The predicted molar refractivity (Wildman–Crippen MR) is 363 cm³/mol. The van der Waals surface area contributed by atoms with Crippen molar-refractivity contribution in [3.63, 3.8) is 0 Å². The summed E-state index contributed by atoms with van der Waals surface area (Å²) < 4.78 is 95.7. The van der Waals surface area contributed by atoms with Crippen LogP contribution in [0.4, 0.5) is 0 Å². The van der Waals surface area contributed by atoms with Crippen molar-refractivity contribution in [2.75, 3.05) is 46.2 Å². The summed E-state index contributed by atoms with van der Waals surface area (Å²) in [5.41, 5.74) is -3.45. The molecule has 0 amide bonds. The minimum absolute atomic E-state index is 0.0197. The van der Waals surface area contributed by atoms with Crippen molar-refractivity contribution in [3.8, 4) is 0 Å². The zero-order valence-electron chi connectivity index (χ0n) is 63.3. The van der Waals surface area contributed by atoms with Crippen molar-refractivity contribution in [3.05, 3.63) is 11.6 Å². The Labute approximate surface area is 640 Å². The highest BCUT2D eigenvalue weighted by Crippen LogP contribution is 2.76. The lowest BCUT2D eigenvalue weighted by molar-refractivity contribution is -0.398. The smallest absolute Gasteiger partial charge is 0.317 e. The van der Waals surface area contributed by atoms with Crippen LogP contribution < -0.4 is 0 Å². The van der Waals surface area contributed by atoms with E-state index >= 15 is 4.79 Å². The van der Waals surface area contributed by atoms with Gasteiger partial charge in [-0.2, -0.15) is 0 Å². The highest BCUT2D eigenvalue weighted by atomic mass is 16.8. The van der Waals surface area contributed by atoms with Crippen LogP contribution in [0.25, 0.3) is 0 Å². The van der Waals surface area contributed by atoms with Crippen molar-refractivity contribution in [1.29, 1.82) is 0 Å². The molecule has 44 atom stereocenters. The molecule has 8 aliphatic heterocycles. The number of allylic oxidation sites excluding steroid dienone is 2. The van der Waals surface area contributed by atoms with Gasteiger partial charge in [0.1, 0.15) is 158 Å². The average molecular weight is 1600 g/mol. The van der Waals surface area contributed by atoms with Crippen LogP contribution in [0.15, 0.2) is 11.6 Å². The van der Waals surface area contributed by atoms with E-state index in [-0.39, 0.29) is 24.7 Å². The highest BCUT2D eigenvalue weighted by Gasteiger charge is 2.73. The third kappa shape index (κ3) is 15.5. The van der Waals surface area contributed by atoms with Crippen LogP contribution in [-0.2, 0) is 80.6 Å². The molecule has 8 heterocycles. The molecule has 21 N–H and O–H groups in total. The van der Waals surface area contributed by atoms with Gasteiger partial charge in [-0.05, 0) is 110 Å². The maximum absolute atomic E-state index is 16.0. The molecular weight excluding hydrogens is 1480 g/mol. The molecule has 0 aromatic rings. The first-order valence-corrected chi connectivity index (χ1v) is 38.9. The van der Waals surface area contributed by atoms with E-state index in [1.54, 1.807) is 0 Å². The molecule has 0 radical (unpaired) electrons. The van der Waals surface area contributed by atoms with Gasteiger partial charge in [-0.15, -0.1) is 0 Å². The fraction of sp³-hybridized carbons (Fsp3) is 0.959. The van der Waals surface area contributed by atoms with Crippen molar-refractivity contribution < 1.29 is 188 Å². The van der Waals surface area contributed by atoms with Gasteiger partial charge in [-0.3, -0.25) is 4.79 Å². The molecule has 12 fully saturated rings. The Hall–Kier alpha value is -2.23. The summed E-state index contributed by atoms with van der Waals surface area (Å²) in [5, 5.41) is 233. The fourth-order valence-electron chi connectivity index (χ4n) is 21.0. The Kier molecular flexibility index (Phi) is 25.8. The number of aliphatic hydroxyl groups is 21. The molecule has 13 aliphatic rings. The van der Waals surface area contributed by atoms with Crippen LogP contribution >= 0.6 is 0 Å². The van der Waals surface area contributed by atoms with Crippen LogP contribution in [0.5, 0.6) is 0 Å². The highest BCUT2D eigenvalue weighted by molar-refractivity contribution is 5.80. The van der Waals surface area contributed by atoms with Crippen LogP contribution in [0.2, 0.25) is 0 Å². The van der Waals surface area contributed by atoms with E-state index in [0.717, 1.165) is 5.57 Å². The monoisotopic (exact) mass is 1600 g/mol. The van der Waals surface area contributed by atoms with E-state index in [1.165, 1.54) is 6.92 Å². The molecule has 4 saturated carbocycles. The summed E-state index contributed by atoms with van der Waals surface area (Å²) >= 11 is 0. The first-order valence-electron chi connectivity index (χ1n) is 38.9. The van der Waals surface area contributed by atoms with Gasteiger partial charge in [-0.1, -0.05) is 60.1 Å².